The Labute approximate surface area is 166 Å². The molecule has 148 valence electrons. The minimum atomic E-state index is -3.48. The summed E-state index contributed by atoms with van der Waals surface area (Å²) < 4.78 is 28.6. The van der Waals surface area contributed by atoms with E-state index in [0.29, 0.717) is 43.1 Å². The minimum absolute atomic E-state index is 0.0987. The molecule has 0 radical (unpaired) electrons. The average Bonchev–Trinajstić information content (AvgIpc) is 3.43. The van der Waals surface area contributed by atoms with Crippen LogP contribution in [0.2, 0.25) is 0 Å². The number of hydrogen-bond acceptors (Lipinski definition) is 7. The van der Waals surface area contributed by atoms with Gasteiger partial charge in [-0.25, -0.2) is 18.1 Å². The van der Waals surface area contributed by atoms with Crippen molar-refractivity contribution in [2.24, 2.45) is 0 Å². The number of nitrogens with zero attached hydrogens (tertiary/aromatic N) is 5. The van der Waals surface area contributed by atoms with Crippen molar-refractivity contribution in [3.05, 3.63) is 29.8 Å². The number of hydrogen-bond donors (Lipinski definition) is 1. The summed E-state index contributed by atoms with van der Waals surface area (Å²) in [5, 5.41) is 13.3. The number of fused-ring (bicyclic) bond motifs is 1. The van der Waals surface area contributed by atoms with Crippen LogP contribution in [0.15, 0.2) is 34.7 Å². The molecule has 0 spiro atoms. The molecule has 1 aromatic carbocycles. The average molecular weight is 421 g/mol. The van der Waals surface area contributed by atoms with Gasteiger partial charge in [0.05, 0.1) is 10.4 Å². The van der Waals surface area contributed by atoms with Gasteiger partial charge in [-0.3, -0.25) is 4.79 Å². The fourth-order valence-electron chi connectivity index (χ4n) is 3.21. The first-order chi connectivity index (χ1) is 13.5. The Kier molecular flexibility index (Phi) is 5.38. The van der Waals surface area contributed by atoms with Crippen molar-refractivity contribution in [3.8, 4) is 0 Å². The van der Waals surface area contributed by atoms with Crippen LogP contribution >= 0.6 is 11.3 Å². The van der Waals surface area contributed by atoms with Crippen LogP contribution in [-0.4, -0.2) is 51.7 Å². The van der Waals surface area contributed by atoms with Gasteiger partial charge in [-0.2, -0.15) is 4.31 Å². The van der Waals surface area contributed by atoms with E-state index in [1.54, 1.807) is 34.5 Å². The van der Waals surface area contributed by atoms with Crippen LogP contribution in [0.3, 0.4) is 0 Å². The largest absolute Gasteiger partial charge is 0.302 e. The van der Waals surface area contributed by atoms with E-state index < -0.39 is 10.0 Å². The number of rotatable bonds is 7. The molecule has 3 aromatic rings. The van der Waals surface area contributed by atoms with Crippen LogP contribution < -0.4 is 5.32 Å². The van der Waals surface area contributed by atoms with Gasteiger partial charge in [-0.15, -0.1) is 16.4 Å². The Hall–Kier alpha value is -2.37. The number of aromatic nitrogens is 4. The number of sulfonamides is 1. The highest BCUT2D eigenvalue weighted by molar-refractivity contribution is 7.89. The summed E-state index contributed by atoms with van der Waals surface area (Å²) in [6.45, 7) is 1.65. The highest BCUT2D eigenvalue weighted by atomic mass is 32.2. The summed E-state index contributed by atoms with van der Waals surface area (Å²) in [5.41, 5.74) is 1.29. The summed E-state index contributed by atoms with van der Waals surface area (Å²) in [6, 6.07) is 4.90. The van der Waals surface area contributed by atoms with Crippen molar-refractivity contribution in [2.45, 2.75) is 37.1 Å². The van der Waals surface area contributed by atoms with Crippen LogP contribution in [0.5, 0.6) is 0 Å². The van der Waals surface area contributed by atoms with E-state index in [4.69, 9.17) is 0 Å². The molecule has 11 heteroatoms. The number of anilines is 1. The Bertz CT molecular complexity index is 1070. The summed E-state index contributed by atoms with van der Waals surface area (Å²) in [4.78, 5) is 16.2. The van der Waals surface area contributed by atoms with Gasteiger partial charge in [0, 0.05) is 37.6 Å². The van der Waals surface area contributed by atoms with E-state index in [1.165, 1.54) is 15.6 Å². The number of nitrogens with one attached hydrogen (secondary N) is 1. The third-order valence-corrected chi connectivity index (χ3v) is 7.22. The fraction of sp³-hybridized carbons (Fsp3) is 0.412. The fourth-order valence-corrected chi connectivity index (χ4v) is 5.29. The molecule has 9 nitrogen and oxygen atoms in total. The molecule has 28 heavy (non-hydrogen) atoms. The second-order valence-corrected chi connectivity index (χ2v) is 9.40. The molecule has 0 bridgehead atoms. The number of benzene rings is 1. The van der Waals surface area contributed by atoms with Crippen molar-refractivity contribution in [1.82, 2.24) is 24.3 Å². The maximum absolute atomic E-state index is 12.7. The molecule has 2 aromatic heterocycles. The zero-order chi connectivity index (χ0) is 19.6. The molecule has 1 saturated heterocycles. The predicted molar refractivity (Wildman–Crippen MR) is 105 cm³/mol. The Morgan fingerprint density at radius 1 is 1.25 bits per heavy atom. The highest BCUT2D eigenvalue weighted by Gasteiger charge is 2.27. The lowest BCUT2D eigenvalue weighted by Gasteiger charge is -2.15. The first kappa shape index (κ1) is 19.0. The lowest BCUT2D eigenvalue weighted by atomic mass is 10.3. The molecular weight excluding hydrogens is 400 g/mol. The van der Waals surface area contributed by atoms with Crippen molar-refractivity contribution in [2.75, 3.05) is 18.4 Å². The molecule has 1 fully saturated rings. The van der Waals surface area contributed by atoms with Crippen molar-refractivity contribution in [3.63, 3.8) is 0 Å². The molecule has 0 saturated carbocycles. The van der Waals surface area contributed by atoms with E-state index in [2.05, 4.69) is 20.6 Å². The van der Waals surface area contributed by atoms with Crippen LogP contribution in [-0.2, 0) is 21.4 Å². The normalized spacial score (nSPS) is 15.3. The van der Waals surface area contributed by atoms with Gasteiger partial charge in [0.25, 0.3) is 0 Å². The Morgan fingerprint density at radius 2 is 2.07 bits per heavy atom. The number of carbonyl (C=O) groups excluding carboxylic acids is 1. The van der Waals surface area contributed by atoms with Gasteiger partial charge in [0.15, 0.2) is 5.13 Å². The summed E-state index contributed by atoms with van der Waals surface area (Å²) in [6.07, 6.45) is 4.35. The van der Waals surface area contributed by atoms with E-state index in [0.717, 1.165) is 18.4 Å². The monoisotopic (exact) mass is 420 g/mol. The standard InChI is InChI=1S/C17H20N6O3S2/c24-16(19-17-18-7-11-27-17)4-3-10-23-15-6-5-13(12-14(15)20-21-23)28(25,26)22-8-1-2-9-22/h5-7,11-12H,1-4,8-10H2,(H,18,19,24). The molecule has 1 amide bonds. The van der Waals surface area contributed by atoms with Gasteiger partial charge >= 0.3 is 0 Å². The van der Waals surface area contributed by atoms with Gasteiger partial charge < -0.3 is 5.32 Å². The molecule has 0 atom stereocenters. The van der Waals surface area contributed by atoms with E-state index in [9.17, 15) is 13.2 Å². The number of amides is 1. The molecule has 1 aliphatic heterocycles. The van der Waals surface area contributed by atoms with Gasteiger partial charge in [0.1, 0.15) is 5.52 Å². The quantitative estimate of drug-likeness (QED) is 0.627. The number of thiazole rings is 1. The van der Waals surface area contributed by atoms with Crippen LogP contribution in [0.25, 0.3) is 11.0 Å². The van der Waals surface area contributed by atoms with Crippen molar-refractivity contribution < 1.29 is 13.2 Å². The van der Waals surface area contributed by atoms with E-state index >= 15 is 0 Å². The van der Waals surface area contributed by atoms with Gasteiger partial charge in [0.2, 0.25) is 15.9 Å². The summed E-state index contributed by atoms with van der Waals surface area (Å²) >= 11 is 1.37. The lowest BCUT2D eigenvalue weighted by Crippen LogP contribution is -2.27. The van der Waals surface area contributed by atoms with Crippen molar-refractivity contribution >= 4 is 43.4 Å². The second-order valence-electron chi connectivity index (χ2n) is 6.56. The van der Waals surface area contributed by atoms with E-state index in [-0.39, 0.29) is 10.8 Å². The molecular formula is C17H20N6O3S2. The van der Waals surface area contributed by atoms with Gasteiger partial charge in [-0.1, -0.05) is 5.21 Å². The minimum Gasteiger partial charge on any atom is -0.302 e. The van der Waals surface area contributed by atoms with E-state index in [1.807, 2.05) is 0 Å². The predicted octanol–water partition coefficient (Wildman–Crippen LogP) is 2.09. The van der Waals surface area contributed by atoms with Crippen LogP contribution in [0.4, 0.5) is 5.13 Å². The molecule has 3 heterocycles. The first-order valence-electron chi connectivity index (χ1n) is 9.07. The molecule has 0 unspecified atom stereocenters. The number of carbonyl (C=O) groups is 1. The Morgan fingerprint density at radius 3 is 2.82 bits per heavy atom. The zero-order valence-corrected chi connectivity index (χ0v) is 16.7. The maximum atomic E-state index is 12.7. The SMILES string of the molecule is O=C(CCCn1nnc2cc(S(=O)(=O)N3CCCC3)ccc21)Nc1nccs1. The third kappa shape index (κ3) is 3.91. The summed E-state index contributed by atoms with van der Waals surface area (Å²) in [5.74, 6) is -0.0987. The second kappa shape index (κ2) is 7.94. The molecule has 1 N–H and O–H groups in total. The number of aryl methyl sites for hydroxylation is 1. The van der Waals surface area contributed by atoms with Gasteiger partial charge in [-0.05, 0) is 37.5 Å². The van der Waals surface area contributed by atoms with Crippen LogP contribution in [0, 0.1) is 0 Å². The molecule has 0 aliphatic carbocycles. The van der Waals surface area contributed by atoms with Crippen LogP contribution in [0.1, 0.15) is 25.7 Å². The maximum Gasteiger partial charge on any atom is 0.243 e. The smallest absolute Gasteiger partial charge is 0.243 e. The zero-order valence-electron chi connectivity index (χ0n) is 15.1. The lowest BCUT2D eigenvalue weighted by molar-refractivity contribution is -0.116. The molecule has 4 rings (SSSR count). The topological polar surface area (TPSA) is 110 Å². The Balaban J connectivity index is 1.41. The first-order valence-corrected chi connectivity index (χ1v) is 11.4. The highest BCUT2D eigenvalue weighted by Crippen LogP contribution is 2.23. The molecule has 1 aliphatic rings. The summed E-state index contributed by atoms with van der Waals surface area (Å²) in [7, 11) is -3.48. The third-order valence-electron chi connectivity index (χ3n) is 4.64. The van der Waals surface area contributed by atoms with Crippen molar-refractivity contribution in [1.29, 1.82) is 0 Å².